The van der Waals surface area contributed by atoms with Crippen LogP contribution in [0.1, 0.15) is 25.3 Å². The zero-order valence-corrected chi connectivity index (χ0v) is 13.0. The average Bonchev–Trinajstić information content (AvgIpc) is 3.03. The molecule has 22 heavy (non-hydrogen) atoms. The summed E-state index contributed by atoms with van der Waals surface area (Å²) in [5, 5.41) is 13.9. The molecule has 0 aromatic heterocycles. The number of nitrogens with zero attached hydrogens (tertiary/aromatic N) is 1. The summed E-state index contributed by atoms with van der Waals surface area (Å²) in [5.41, 5.74) is 5.46. The minimum Gasteiger partial charge on any atom is -0.392 e. The van der Waals surface area contributed by atoms with Gasteiger partial charge >= 0.3 is 0 Å². The molecule has 0 amide bonds. The first-order valence-electron chi connectivity index (χ1n) is 8.34. The minimum absolute atomic E-state index is 0.0204. The third-order valence-electron chi connectivity index (χ3n) is 6.56. The monoisotopic (exact) mass is 294 g/mol. The number of allylic oxidation sites excluding steroid dienone is 1. The fraction of sp³-hybridized carbons (Fsp3) is 0.474. The summed E-state index contributed by atoms with van der Waals surface area (Å²) in [4.78, 5) is 2.64. The lowest BCUT2D eigenvalue weighted by atomic mass is 9.61. The summed E-state index contributed by atoms with van der Waals surface area (Å²) < 4.78 is 0. The number of fused-ring (bicyclic) bond motifs is 2. The third kappa shape index (κ3) is 1.23. The molecule has 5 rings (SSSR count). The van der Waals surface area contributed by atoms with E-state index in [0.717, 1.165) is 25.9 Å². The second-order valence-electron chi connectivity index (χ2n) is 7.17. The molecule has 1 aromatic rings. The Balaban J connectivity index is 1.79. The highest BCUT2D eigenvalue weighted by molar-refractivity contribution is 5.69. The predicted molar refractivity (Wildman–Crippen MR) is 87.7 cm³/mol. The van der Waals surface area contributed by atoms with Crippen LogP contribution in [0.15, 0.2) is 47.6 Å². The van der Waals surface area contributed by atoms with E-state index < -0.39 is 0 Å². The van der Waals surface area contributed by atoms with E-state index in [1.54, 1.807) is 0 Å². The van der Waals surface area contributed by atoms with Gasteiger partial charge in [-0.15, -0.1) is 0 Å². The van der Waals surface area contributed by atoms with Gasteiger partial charge in [0.1, 0.15) is 5.66 Å². The van der Waals surface area contributed by atoms with Gasteiger partial charge in [0.2, 0.25) is 0 Å². The molecule has 0 saturated carbocycles. The highest BCUT2D eigenvalue weighted by Gasteiger charge is 2.67. The molecule has 0 radical (unpaired) electrons. The van der Waals surface area contributed by atoms with Crippen LogP contribution >= 0.6 is 0 Å². The number of para-hydroxylation sites is 1. The van der Waals surface area contributed by atoms with E-state index in [9.17, 15) is 5.11 Å². The van der Waals surface area contributed by atoms with Gasteiger partial charge in [0.05, 0.1) is 12.0 Å². The number of aliphatic hydroxyl groups excluding tert-OH is 1. The van der Waals surface area contributed by atoms with Crippen LogP contribution in [0.2, 0.25) is 0 Å². The van der Waals surface area contributed by atoms with E-state index >= 15 is 0 Å². The summed E-state index contributed by atoms with van der Waals surface area (Å²) >= 11 is 0. The van der Waals surface area contributed by atoms with Gasteiger partial charge < -0.3 is 10.4 Å². The second-order valence-corrected chi connectivity index (χ2v) is 7.17. The lowest BCUT2D eigenvalue weighted by molar-refractivity contribution is 0.0821. The van der Waals surface area contributed by atoms with Crippen LogP contribution in [0.4, 0.5) is 5.69 Å². The van der Waals surface area contributed by atoms with Gasteiger partial charge in [-0.05, 0) is 37.0 Å². The molecule has 1 aliphatic carbocycles. The summed E-state index contributed by atoms with van der Waals surface area (Å²) in [6.07, 6.45) is 6.90. The Hall–Kier alpha value is -1.58. The van der Waals surface area contributed by atoms with E-state index in [4.69, 9.17) is 0 Å². The minimum atomic E-state index is 0.0204. The average molecular weight is 294 g/mol. The molecule has 3 heteroatoms. The quantitative estimate of drug-likeness (QED) is 0.782. The number of aliphatic hydroxyl groups is 1. The fourth-order valence-electron chi connectivity index (χ4n) is 5.58. The molecule has 2 fully saturated rings. The lowest BCUT2D eigenvalue weighted by Crippen LogP contribution is -2.63. The van der Waals surface area contributed by atoms with E-state index in [0.29, 0.717) is 5.92 Å². The topological polar surface area (TPSA) is 35.5 Å². The Kier molecular flexibility index (Phi) is 2.37. The van der Waals surface area contributed by atoms with Crippen LogP contribution in [0, 0.1) is 5.92 Å². The number of rotatable bonds is 1. The van der Waals surface area contributed by atoms with Crippen LogP contribution in [-0.4, -0.2) is 35.4 Å². The normalized spacial score (nSPS) is 40.2. The van der Waals surface area contributed by atoms with Crippen LogP contribution in [0.25, 0.3) is 0 Å². The number of anilines is 1. The highest BCUT2D eigenvalue weighted by Crippen LogP contribution is 2.63. The van der Waals surface area contributed by atoms with Crippen molar-refractivity contribution in [2.45, 2.75) is 30.8 Å². The van der Waals surface area contributed by atoms with Crippen molar-refractivity contribution in [2.75, 3.05) is 25.0 Å². The van der Waals surface area contributed by atoms with E-state index in [1.807, 2.05) is 0 Å². The van der Waals surface area contributed by atoms with Crippen molar-refractivity contribution in [2.24, 2.45) is 5.92 Å². The molecular formula is C19H22N2O. The van der Waals surface area contributed by atoms with Crippen LogP contribution in [-0.2, 0) is 5.41 Å². The van der Waals surface area contributed by atoms with Gasteiger partial charge in [0, 0.05) is 24.7 Å². The molecule has 0 unspecified atom stereocenters. The number of nitrogens with one attached hydrogen (secondary N) is 1. The molecule has 114 valence electrons. The van der Waals surface area contributed by atoms with Crippen molar-refractivity contribution in [1.29, 1.82) is 0 Å². The van der Waals surface area contributed by atoms with Crippen molar-refractivity contribution in [1.82, 2.24) is 4.90 Å². The Bertz CT molecular complexity index is 722. The molecule has 2 saturated heterocycles. The van der Waals surface area contributed by atoms with Crippen molar-refractivity contribution < 1.29 is 5.11 Å². The van der Waals surface area contributed by atoms with Gasteiger partial charge in [-0.1, -0.05) is 35.9 Å². The Morgan fingerprint density at radius 3 is 3.09 bits per heavy atom. The Labute approximate surface area is 131 Å². The maximum Gasteiger partial charge on any atom is 0.105 e. The Morgan fingerprint density at radius 1 is 1.41 bits per heavy atom. The molecule has 3 aliphatic heterocycles. The molecule has 1 aromatic carbocycles. The van der Waals surface area contributed by atoms with Gasteiger partial charge in [-0.25, -0.2) is 0 Å². The largest absolute Gasteiger partial charge is 0.392 e. The SMILES string of the molecule is CC=C1CN2CC[C@]34C=C(CO)[C@@H]1C[C@]23Nc1ccccc14. The standard InChI is InChI=1S/C19H22N2O/c1-2-13-11-21-8-7-18-9-14(12-22)15(13)10-19(18,21)20-17-6-4-3-5-16(17)18/h2-6,9,15,20,22H,7-8,10-12H2,1H3/t15-,18-,19+/m1/s1. The van der Waals surface area contributed by atoms with E-state index in [1.165, 1.54) is 22.4 Å². The summed E-state index contributed by atoms with van der Waals surface area (Å²) in [6.45, 7) is 4.47. The van der Waals surface area contributed by atoms with E-state index in [-0.39, 0.29) is 17.7 Å². The third-order valence-corrected chi connectivity index (χ3v) is 6.56. The molecule has 1 spiro atoms. The highest BCUT2D eigenvalue weighted by atomic mass is 16.3. The van der Waals surface area contributed by atoms with Crippen LogP contribution in [0.5, 0.6) is 0 Å². The molecule has 2 bridgehead atoms. The van der Waals surface area contributed by atoms with Crippen LogP contribution < -0.4 is 5.32 Å². The first-order valence-corrected chi connectivity index (χ1v) is 8.34. The number of hydrogen-bond acceptors (Lipinski definition) is 3. The summed E-state index contributed by atoms with van der Waals surface area (Å²) in [7, 11) is 0. The molecule has 3 heterocycles. The van der Waals surface area contributed by atoms with Crippen molar-refractivity contribution >= 4 is 5.69 Å². The molecule has 3 nitrogen and oxygen atoms in total. The first-order chi connectivity index (χ1) is 10.7. The number of hydrogen-bond donors (Lipinski definition) is 2. The smallest absolute Gasteiger partial charge is 0.105 e. The van der Waals surface area contributed by atoms with Gasteiger partial charge in [0.25, 0.3) is 0 Å². The van der Waals surface area contributed by atoms with Crippen molar-refractivity contribution in [3.63, 3.8) is 0 Å². The molecule has 3 atom stereocenters. The lowest BCUT2D eigenvalue weighted by Gasteiger charge is -2.54. The molecular weight excluding hydrogens is 272 g/mol. The number of benzene rings is 1. The van der Waals surface area contributed by atoms with Crippen LogP contribution in [0.3, 0.4) is 0 Å². The predicted octanol–water partition coefficient (Wildman–Crippen LogP) is 2.65. The van der Waals surface area contributed by atoms with Crippen molar-refractivity contribution in [3.8, 4) is 0 Å². The second kappa shape index (κ2) is 4.03. The van der Waals surface area contributed by atoms with Gasteiger partial charge in [0.15, 0.2) is 0 Å². The zero-order valence-electron chi connectivity index (χ0n) is 13.0. The molecule has 4 aliphatic rings. The maximum atomic E-state index is 9.98. The maximum absolute atomic E-state index is 9.98. The molecule has 2 N–H and O–H groups in total. The van der Waals surface area contributed by atoms with Crippen molar-refractivity contribution in [3.05, 3.63) is 53.1 Å². The number of piperidine rings is 1. The van der Waals surface area contributed by atoms with Gasteiger partial charge in [-0.3, -0.25) is 4.90 Å². The zero-order chi connectivity index (χ0) is 14.9. The van der Waals surface area contributed by atoms with E-state index in [2.05, 4.69) is 53.6 Å². The summed E-state index contributed by atoms with van der Waals surface area (Å²) in [5.74, 6) is 0.402. The summed E-state index contributed by atoms with van der Waals surface area (Å²) in [6, 6.07) is 8.75. The van der Waals surface area contributed by atoms with Gasteiger partial charge in [-0.2, -0.15) is 0 Å². The first kappa shape index (κ1) is 12.9. The fourth-order valence-corrected chi connectivity index (χ4v) is 5.58. The Morgan fingerprint density at radius 2 is 2.27 bits per heavy atom.